The van der Waals surface area contributed by atoms with E-state index in [0.29, 0.717) is 6.42 Å². The SMILES string of the molecule is [CH]Cc1cc2ccccc2c(-c2[c-]cc3c(c2)OCC3)n1.[Ir]. The molecule has 0 saturated carbocycles. The summed E-state index contributed by atoms with van der Waals surface area (Å²) >= 11 is 0. The van der Waals surface area contributed by atoms with E-state index < -0.39 is 0 Å². The second kappa shape index (κ2) is 6.19. The molecule has 0 bridgehead atoms. The predicted molar refractivity (Wildman–Crippen MR) is 83.2 cm³/mol. The van der Waals surface area contributed by atoms with E-state index in [0.717, 1.165) is 46.5 Å². The fourth-order valence-corrected chi connectivity index (χ4v) is 2.80. The van der Waals surface area contributed by atoms with E-state index in [9.17, 15) is 0 Å². The van der Waals surface area contributed by atoms with Crippen LogP contribution < -0.4 is 4.74 Å². The summed E-state index contributed by atoms with van der Waals surface area (Å²) in [4.78, 5) is 4.70. The summed E-state index contributed by atoms with van der Waals surface area (Å²) in [6.07, 6.45) is 1.39. The van der Waals surface area contributed by atoms with Crippen molar-refractivity contribution in [2.75, 3.05) is 6.61 Å². The van der Waals surface area contributed by atoms with E-state index in [1.165, 1.54) is 5.56 Å². The van der Waals surface area contributed by atoms with Crippen LogP contribution in [0.1, 0.15) is 11.3 Å². The molecule has 22 heavy (non-hydrogen) atoms. The van der Waals surface area contributed by atoms with E-state index in [-0.39, 0.29) is 20.1 Å². The Hall–Kier alpha value is -1.70. The molecule has 0 fully saturated rings. The van der Waals surface area contributed by atoms with Crippen molar-refractivity contribution in [3.05, 3.63) is 66.7 Å². The molecule has 0 unspecified atom stereocenters. The molecule has 1 aromatic heterocycles. The molecule has 0 aliphatic carbocycles. The molecule has 0 spiro atoms. The van der Waals surface area contributed by atoms with Crippen molar-refractivity contribution in [2.45, 2.75) is 12.8 Å². The van der Waals surface area contributed by atoms with Gasteiger partial charge in [-0.25, -0.2) is 0 Å². The summed E-state index contributed by atoms with van der Waals surface area (Å²) < 4.78 is 5.66. The van der Waals surface area contributed by atoms with Gasteiger partial charge >= 0.3 is 0 Å². The molecule has 2 heterocycles. The Kier molecular flexibility index (Phi) is 4.28. The van der Waals surface area contributed by atoms with Crippen LogP contribution in [-0.4, -0.2) is 11.6 Å². The quantitative estimate of drug-likeness (QED) is 0.537. The molecule has 3 aromatic rings. The Bertz CT molecular complexity index is 829. The minimum atomic E-state index is 0. The minimum Gasteiger partial charge on any atom is -0.513 e. The number of ether oxygens (including phenoxy) is 1. The molecule has 1 aliphatic rings. The fourth-order valence-electron chi connectivity index (χ4n) is 2.80. The second-order valence-electron chi connectivity index (χ2n) is 5.22. The Labute approximate surface area is 143 Å². The summed E-state index contributed by atoms with van der Waals surface area (Å²) in [5.74, 6) is 0.952. The molecule has 0 amide bonds. The first-order valence-corrected chi connectivity index (χ1v) is 7.11. The Balaban J connectivity index is 0.00000144. The van der Waals surface area contributed by atoms with Gasteiger partial charge in [0.05, 0.1) is 6.61 Å². The summed E-state index contributed by atoms with van der Waals surface area (Å²) in [5.41, 5.74) is 3.99. The number of pyridine rings is 1. The van der Waals surface area contributed by atoms with Crippen LogP contribution >= 0.6 is 0 Å². The fraction of sp³-hybridized carbons (Fsp3) is 0.158. The predicted octanol–water partition coefficient (Wildman–Crippen LogP) is 3.89. The number of benzene rings is 2. The van der Waals surface area contributed by atoms with Crippen molar-refractivity contribution >= 4 is 10.8 Å². The van der Waals surface area contributed by atoms with Gasteiger partial charge in [0.2, 0.25) is 0 Å². The van der Waals surface area contributed by atoms with Crippen molar-refractivity contribution in [1.82, 2.24) is 4.98 Å². The molecule has 2 aromatic carbocycles. The molecule has 0 atom stereocenters. The van der Waals surface area contributed by atoms with E-state index in [2.05, 4.69) is 18.2 Å². The van der Waals surface area contributed by atoms with Crippen molar-refractivity contribution < 1.29 is 24.8 Å². The molecule has 4 rings (SSSR count). The third-order valence-electron chi connectivity index (χ3n) is 3.88. The van der Waals surface area contributed by atoms with Gasteiger partial charge in [0.1, 0.15) is 0 Å². The van der Waals surface area contributed by atoms with Gasteiger partial charge < -0.3 is 9.72 Å². The summed E-state index contributed by atoms with van der Waals surface area (Å²) in [7, 11) is 0. The van der Waals surface area contributed by atoms with E-state index in [1.54, 1.807) is 0 Å². The molecule has 3 heteroatoms. The summed E-state index contributed by atoms with van der Waals surface area (Å²) in [6.45, 7) is 6.53. The smallest absolute Gasteiger partial charge is 0.0820 e. The molecule has 0 saturated heterocycles. The van der Waals surface area contributed by atoms with Crippen molar-refractivity contribution in [2.24, 2.45) is 0 Å². The largest absolute Gasteiger partial charge is 0.513 e. The van der Waals surface area contributed by atoms with Crippen LogP contribution in [0.15, 0.2) is 42.5 Å². The Morgan fingerprint density at radius 1 is 1.23 bits per heavy atom. The van der Waals surface area contributed by atoms with Gasteiger partial charge in [0.25, 0.3) is 0 Å². The summed E-state index contributed by atoms with van der Waals surface area (Å²) in [6, 6.07) is 17.7. The minimum absolute atomic E-state index is 0. The number of fused-ring (bicyclic) bond motifs is 2. The Morgan fingerprint density at radius 2 is 2.09 bits per heavy atom. The van der Waals surface area contributed by atoms with Crippen molar-refractivity contribution in [3.8, 4) is 17.0 Å². The number of aromatic nitrogens is 1. The van der Waals surface area contributed by atoms with Crippen LogP contribution in [0.5, 0.6) is 5.75 Å². The van der Waals surface area contributed by atoms with Gasteiger partial charge in [0, 0.05) is 31.5 Å². The molecular weight excluding hydrogens is 450 g/mol. The number of rotatable bonds is 2. The van der Waals surface area contributed by atoms with Gasteiger partial charge in [-0.3, -0.25) is 0 Å². The average Bonchev–Trinajstić information content (AvgIpc) is 3.01. The van der Waals surface area contributed by atoms with Crippen LogP contribution in [0, 0.1) is 13.0 Å². The van der Waals surface area contributed by atoms with Gasteiger partial charge in [0.15, 0.2) is 0 Å². The third kappa shape index (κ3) is 2.55. The number of hydrogen-bond donors (Lipinski definition) is 0. The zero-order chi connectivity index (χ0) is 14.2. The molecular formula is C19H14IrNO-. The van der Waals surface area contributed by atoms with E-state index in [1.807, 2.05) is 30.3 Å². The second-order valence-corrected chi connectivity index (χ2v) is 5.22. The van der Waals surface area contributed by atoms with Crippen LogP contribution in [-0.2, 0) is 32.9 Å². The monoisotopic (exact) mass is 465 g/mol. The number of nitrogens with zero attached hydrogens (tertiary/aromatic N) is 1. The van der Waals surface area contributed by atoms with Gasteiger partial charge in [-0.15, -0.1) is 23.8 Å². The van der Waals surface area contributed by atoms with E-state index >= 15 is 0 Å². The van der Waals surface area contributed by atoms with Gasteiger partial charge in [-0.2, -0.15) is 0 Å². The molecule has 1 aliphatic heterocycles. The van der Waals surface area contributed by atoms with Crippen LogP contribution in [0.4, 0.5) is 0 Å². The first kappa shape index (κ1) is 15.2. The van der Waals surface area contributed by atoms with Crippen LogP contribution in [0.2, 0.25) is 0 Å². The van der Waals surface area contributed by atoms with Crippen LogP contribution in [0.25, 0.3) is 22.0 Å². The standard InChI is InChI=1S/C19H14NO.Ir/c1-2-16-11-14-5-3-4-6-17(14)19(20-16)15-8-7-13-9-10-21-18(13)12-15;/h1,3-7,11-12H,2,9-10H2;/q-1;. The van der Waals surface area contributed by atoms with Gasteiger partial charge in [-0.1, -0.05) is 29.8 Å². The molecule has 2 nitrogen and oxygen atoms in total. The molecule has 3 radical (unpaired) electrons. The first-order chi connectivity index (χ1) is 10.3. The zero-order valence-corrected chi connectivity index (χ0v) is 14.3. The zero-order valence-electron chi connectivity index (χ0n) is 11.9. The molecule has 111 valence electrons. The van der Waals surface area contributed by atoms with E-state index in [4.69, 9.17) is 16.6 Å². The normalized spacial score (nSPS) is 12.6. The third-order valence-corrected chi connectivity index (χ3v) is 3.88. The summed E-state index contributed by atoms with van der Waals surface area (Å²) in [5, 5.41) is 2.27. The first-order valence-electron chi connectivity index (χ1n) is 7.11. The maximum Gasteiger partial charge on any atom is 0.0820 e. The van der Waals surface area contributed by atoms with Crippen molar-refractivity contribution in [1.29, 1.82) is 0 Å². The number of hydrogen-bond acceptors (Lipinski definition) is 2. The molecule has 0 N–H and O–H groups in total. The van der Waals surface area contributed by atoms with Gasteiger partial charge in [-0.05, 0) is 42.3 Å². The van der Waals surface area contributed by atoms with Crippen molar-refractivity contribution in [3.63, 3.8) is 0 Å². The average molecular weight is 465 g/mol. The maximum atomic E-state index is 5.78. The topological polar surface area (TPSA) is 22.1 Å². The Morgan fingerprint density at radius 3 is 2.95 bits per heavy atom. The maximum absolute atomic E-state index is 5.78. The van der Waals surface area contributed by atoms with Crippen LogP contribution in [0.3, 0.4) is 0 Å².